The Morgan fingerprint density at radius 3 is 2.61 bits per heavy atom. The lowest BCUT2D eigenvalue weighted by molar-refractivity contribution is -0.149. The number of aromatic nitrogens is 3. The molecule has 0 radical (unpaired) electrons. The van der Waals surface area contributed by atoms with Crippen molar-refractivity contribution in [1.29, 1.82) is 0 Å². The number of carboxylic acids is 1. The van der Waals surface area contributed by atoms with E-state index in [-0.39, 0.29) is 18.7 Å². The molecule has 0 aliphatic carbocycles. The van der Waals surface area contributed by atoms with E-state index in [2.05, 4.69) is 10.3 Å². The lowest BCUT2D eigenvalue weighted by Gasteiger charge is -2.16. The molecule has 1 aromatic heterocycles. The van der Waals surface area contributed by atoms with Gasteiger partial charge in [-0.1, -0.05) is 22.9 Å². The van der Waals surface area contributed by atoms with Crippen molar-refractivity contribution in [3.63, 3.8) is 0 Å². The molecule has 1 aliphatic heterocycles. The summed E-state index contributed by atoms with van der Waals surface area (Å²) < 4.78 is 15.5. The molecule has 3 rings (SSSR count). The van der Waals surface area contributed by atoms with Gasteiger partial charge in [0.25, 0.3) is 5.91 Å². The number of halogens is 1. The number of carboxylic acid groups (broad SMARTS) is 1. The fourth-order valence-electron chi connectivity index (χ4n) is 2.47. The van der Waals surface area contributed by atoms with E-state index < -0.39 is 24.1 Å². The van der Waals surface area contributed by atoms with Crippen molar-refractivity contribution in [3.8, 4) is 5.69 Å². The van der Waals surface area contributed by atoms with E-state index in [1.807, 2.05) is 31.2 Å². The van der Waals surface area contributed by atoms with Crippen molar-refractivity contribution >= 4 is 11.9 Å². The van der Waals surface area contributed by atoms with Gasteiger partial charge in [-0.2, -0.15) is 0 Å². The molecule has 7 nitrogen and oxygen atoms in total. The monoisotopic (exact) mass is 318 g/mol. The summed E-state index contributed by atoms with van der Waals surface area (Å²) in [5.74, 6) is -2.07. The van der Waals surface area contributed by atoms with Crippen LogP contribution in [0.25, 0.3) is 5.69 Å². The van der Waals surface area contributed by atoms with Crippen LogP contribution in [0, 0.1) is 6.92 Å². The Labute approximate surface area is 131 Å². The number of aliphatic carboxylic acids is 1. The van der Waals surface area contributed by atoms with Crippen molar-refractivity contribution in [1.82, 2.24) is 19.9 Å². The molecular formula is C15H15FN4O3. The van der Waals surface area contributed by atoms with Crippen molar-refractivity contribution in [2.45, 2.75) is 19.0 Å². The number of likely N-dealkylation sites (tertiary alicyclic amines) is 1. The minimum atomic E-state index is -2.39. The number of hydrogen-bond donors (Lipinski definition) is 1. The Hall–Kier alpha value is -2.77. The maximum atomic E-state index is 14.0. The summed E-state index contributed by atoms with van der Waals surface area (Å²) in [6.45, 7) is 1.52. The molecule has 120 valence electrons. The molecule has 1 amide bonds. The number of hydrogen-bond acceptors (Lipinski definition) is 4. The second kappa shape index (κ2) is 5.45. The highest BCUT2D eigenvalue weighted by molar-refractivity contribution is 5.93. The lowest BCUT2D eigenvalue weighted by atomic mass is 10.1. The number of benzene rings is 1. The Morgan fingerprint density at radius 2 is 2.00 bits per heavy atom. The number of alkyl halides is 1. The summed E-state index contributed by atoms with van der Waals surface area (Å²) in [4.78, 5) is 24.4. The standard InChI is InChI=1S/C15H15FN4O3/c1-10-2-4-11(5-3-10)20-8-12(17-18-20)13(21)19-7-6-15(16,9-19)14(22)23/h2-5,8H,6-7,9H2,1H3,(H,22,23). The summed E-state index contributed by atoms with van der Waals surface area (Å²) in [7, 11) is 0. The van der Waals surface area contributed by atoms with Crippen molar-refractivity contribution < 1.29 is 19.1 Å². The normalized spacial score (nSPS) is 20.7. The highest BCUT2D eigenvalue weighted by Gasteiger charge is 2.47. The molecular weight excluding hydrogens is 303 g/mol. The molecule has 2 heterocycles. The van der Waals surface area contributed by atoms with Gasteiger partial charge >= 0.3 is 5.97 Å². The predicted molar refractivity (Wildman–Crippen MR) is 78.1 cm³/mol. The minimum absolute atomic E-state index is 0.0407. The number of carbonyl (C=O) groups excluding carboxylic acids is 1. The zero-order valence-corrected chi connectivity index (χ0v) is 12.4. The van der Waals surface area contributed by atoms with E-state index >= 15 is 0 Å². The third-order valence-corrected chi connectivity index (χ3v) is 3.90. The largest absolute Gasteiger partial charge is 0.479 e. The molecule has 23 heavy (non-hydrogen) atoms. The SMILES string of the molecule is Cc1ccc(-n2cc(C(=O)N3CCC(F)(C(=O)O)C3)nn2)cc1. The van der Waals surface area contributed by atoms with Crippen LogP contribution in [0.1, 0.15) is 22.5 Å². The topological polar surface area (TPSA) is 88.3 Å². The summed E-state index contributed by atoms with van der Waals surface area (Å²) in [6.07, 6.45) is 1.23. The average molecular weight is 318 g/mol. The molecule has 1 atom stereocenters. The van der Waals surface area contributed by atoms with Crippen LogP contribution in [-0.4, -0.2) is 55.6 Å². The zero-order valence-electron chi connectivity index (χ0n) is 12.4. The molecule has 1 fully saturated rings. The first kappa shape index (κ1) is 15.1. The zero-order chi connectivity index (χ0) is 16.6. The summed E-state index contributed by atoms with van der Waals surface area (Å²) in [5.41, 5.74) is -0.493. The lowest BCUT2D eigenvalue weighted by Crippen LogP contribution is -2.39. The fourth-order valence-corrected chi connectivity index (χ4v) is 2.47. The maximum Gasteiger partial charge on any atom is 0.343 e. The number of nitrogens with zero attached hydrogens (tertiary/aromatic N) is 4. The van der Waals surface area contributed by atoms with Gasteiger partial charge in [0.15, 0.2) is 5.69 Å². The quantitative estimate of drug-likeness (QED) is 0.919. The van der Waals surface area contributed by atoms with Gasteiger partial charge in [0, 0.05) is 13.0 Å². The predicted octanol–water partition coefficient (Wildman–Crippen LogP) is 1.21. The van der Waals surface area contributed by atoms with E-state index in [1.54, 1.807) is 0 Å². The number of amides is 1. The molecule has 0 bridgehead atoms. The number of rotatable bonds is 3. The number of carbonyl (C=O) groups is 2. The van der Waals surface area contributed by atoms with Gasteiger partial charge < -0.3 is 10.0 Å². The van der Waals surface area contributed by atoms with E-state index in [1.165, 1.54) is 10.9 Å². The van der Waals surface area contributed by atoms with E-state index in [0.29, 0.717) is 0 Å². The Bertz CT molecular complexity index is 758. The first-order chi connectivity index (χ1) is 10.9. The van der Waals surface area contributed by atoms with Crippen LogP contribution in [0.15, 0.2) is 30.5 Å². The smallest absolute Gasteiger partial charge is 0.343 e. The van der Waals surface area contributed by atoms with Gasteiger partial charge in [-0.25, -0.2) is 13.9 Å². The first-order valence-corrected chi connectivity index (χ1v) is 7.10. The second-order valence-electron chi connectivity index (χ2n) is 5.63. The third kappa shape index (κ3) is 2.79. The van der Waals surface area contributed by atoms with Crippen LogP contribution >= 0.6 is 0 Å². The van der Waals surface area contributed by atoms with Crippen LogP contribution < -0.4 is 0 Å². The molecule has 0 spiro atoms. The highest BCUT2D eigenvalue weighted by Crippen LogP contribution is 2.26. The first-order valence-electron chi connectivity index (χ1n) is 7.10. The third-order valence-electron chi connectivity index (χ3n) is 3.90. The fraction of sp³-hybridized carbons (Fsp3) is 0.333. The van der Waals surface area contributed by atoms with Gasteiger partial charge in [-0.05, 0) is 19.1 Å². The van der Waals surface area contributed by atoms with Gasteiger partial charge in [0.1, 0.15) is 0 Å². The van der Waals surface area contributed by atoms with Crippen molar-refractivity contribution in [2.75, 3.05) is 13.1 Å². The van der Waals surface area contributed by atoms with E-state index in [4.69, 9.17) is 5.11 Å². The van der Waals surface area contributed by atoms with E-state index in [9.17, 15) is 14.0 Å². The molecule has 1 N–H and O–H groups in total. The average Bonchev–Trinajstić information content (AvgIpc) is 3.15. The summed E-state index contributed by atoms with van der Waals surface area (Å²) in [6, 6.07) is 7.49. The van der Waals surface area contributed by atoms with Gasteiger partial charge in [-0.3, -0.25) is 4.79 Å². The molecule has 2 aromatic rings. The van der Waals surface area contributed by atoms with Crippen LogP contribution in [0.3, 0.4) is 0 Å². The molecule has 8 heteroatoms. The van der Waals surface area contributed by atoms with Gasteiger partial charge in [0.05, 0.1) is 18.4 Å². The number of aryl methyl sites for hydroxylation is 1. The molecule has 1 unspecified atom stereocenters. The van der Waals surface area contributed by atoms with E-state index in [0.717, 1.165) is 16.2 Å². The van der Waals surface area contributed by atoms with Crippen LogP contribution in [0.4, 0.5) is 4.39 Å². The Morgan fingerprint density at radius 1 is 1.30 bits per heavy atom. The molecule has 0 saturated carbocycles. The van der Waals surface area contributed by atoms with Gasteiger partial charge in [-0.15, -0.1) is 5.10 Å². The highest BCUT2D eigenvalue weighted by atomic mass is 19.1. The Kier molecular flexibility index (Phi) is 3.59. The second-order valence-corrected chi connectivity index (χ2v) is 5.63. The minimum Gasteiger partial charge on any atom is -0.479 e. The van der Waals surface area contributed by atoms with Crippen LogP contribution in [0.5, 0.6) is 0 Å². The van der Waals surface area contributed by atoms with Crippen LogP contribution in [0.2, 0.25) is 0 Å². The maximum absolute atomic E-state index is 14.0. The van der Waals surface area contributed by atoms with Crippen molar-refractivity contribution in [3.05, 3.63) is 41.7 Å². The van der Waals surface area contributed by atoms with Crippen molar-refractivity contribution in [2.24, 2.45) is 0 Å². The van der Waals surface area contributed by atoms with Crippen LogP contribution in [-0.2, 0) is 4.79 Å². The summed E-state index contributed by atoms with van der Waals surface area (Å²) >= 11 is 0. The summed E-state index contributed by atoms with van der Waals surface area (Å²) in [5, 5.41) is 16.6. The molecule has 1 saturated heterocycles. The molecule has 1 aromatic carbocycles. The van der Waals surface area contributed by atoms with Gasteiger partial charge in [0.2, 0.25) is 5.67 Å². The molecule has 1 aliphatic rings. The Balaban J connectivity index is 1.77.